The van der Waals surface area contributed by atoms with Gasteiger partial charge in [-0.05, 0) is 58.7 Å². The van der Waals surface area contributed by atoms with E-state index in [2.05, 4.69) is 26.2 Å². The molecule has 1 amide bonds. The molecule has 0 saturated heterocycles. The Morgan fingerprint density at radius 2 is 2.00 bits per heavy atom. The number of aromatic nitrogens is 1. The molecule has 0 spiro atoms. The lowest BCUT2D eigenvalue weighted by Gasteiger charge is -2.09. The molecule has 3 nitrogen and oxygen atoms in total. The van der Waals surface area contributed by atoms with Crippen molar-refractivity contribution in [1.29, 1.82) is 0 Å². The van der Waals surface area contributed by atoms with Gasteiger partial charge in [0.25, 0.3) is 5.91 Å². The van der Waals surface area contributed by atoms with Gasteiger partial charge in [0.15, 0.2) is 0 Å². The number of benzene rings is 2. The Morgan fingerprint density at radius 3 is 2.81 bits per heavy atom. The smallest absolute Gasteiger partial charge is 0.256 e. The molecule has 4 heteroatoms. The minimum atomic E-state index is -0.141. The summed E-state index contributed by atoms with van der Waals surface area (Å²) >= 11 is 3.47. The van der Waals surface area contributed by atoms with E-state index in [0.717, 1.165) is 26.6 Å². The lowest BCUT2D eigenvalue weighted by atomic mass is 10.1. The molecule has 3 rings (SSSR count). The minimum Gasteiger partial charge on any atom is -0.321 e. The summed E-state index contributed by atoms with van der Waals surface area (Å²) in [6, 6.07) is 15.1. The van der Waals surface area contributed by atoms with Crippen LogP contribution in [-0.2, 0) is 0 Å². The van der Waals surface area contributed by atoms with Gasteiger partial charge in [-0.25, -0.2) is 0 Å². The van der Waals surface area contributed by atoms with E-state index in [9.17, 15) is 4.79 Å². The number of rotatable bonds is 2. The van der Waals surface area contributed by atoms with E-state index in [4.69, 9.17) is 0 Å². The van der Waals surface area contributed by atoms with E-state index in [-0.39, 0.29) is 5.91 Å². The van der Waals surface area contributed by atoms with Crippen LogP contribution in [-0.4, -0.2) is 10.9 Å². The highest BCUT2D eigenvalue weighted by Crippen LogP contribution is 2.25. The quantitative estimate of drug-likeness (QED) is 0.743. The van der Waals surface area contributed by atoms with Gasteiger partial charge in [0, 0.05) is 21.6 Å². The molecular weight excluding hydrogens is 328 g/mol. The number of nitrogens with one attached hydrogen (secondary N) is 1. The first kappa shape index (κ1) is 13.8. The van der Waals surface area contributed by atoms with Crippen LogP contribution < -0.4 is 5.32 Å². The molecule has 0 fully saturated rings. The van der Waals surface area contributed by atoms with Crippen LogP contribution in [0.2, 0.25) is 0 Å². The zero-order chi connectivity index (χ0) is 14.8. The van der Waals surface area contributed by atoms with Crippen molar-refractivity contribution in [2.45, 2.75) is 6.92 Å². The van der Waals surface area contributed by atoms with Crippen molar-refractivity contribution in [3.8, 4) is 0 Å². The number of carbonyl (C=O) groups excluding carboxylic acids is 1. The molecule has 1 aromatic heterocycles. The van der Waals surface area contributed by atoms with Crippen molar-refractivity contribution in [3.05, 3.63) is 70.3 Å². The van der Waals surface area contributed by atoms with Gasteiger partial charge in [-0.3, -0.25) is 9.78 Å². The fraction of sp³-hybridized carbons (Fsp3) is 0.0588. The molecule has 2 aromatic carbocycles. The summed E-state index contributed by atoms with van der Waals surface area (Å²) in [5.41, 5.74) is 3.32. The van der Waals surface area contributed by atoms with Crippen molar-refractivity contribution in [2.24, 2.45) is 0 Å². The normalized spacial score (nSPS) is 10.6. The number of halogens is 1. The van der Waals surface area contributed by atoms with Crippen LogP contribution in [0.5, 0.6) is 0 Å². The van der Waals surface area contributed by atoms with Gasteiger partial charge in [-0.1, -0.05) is 18.2 Å². The predicted octanol–water partition coefficient (Wildman–Crippen LogP) is 4.56. The summed E-state index contributed by atoms with van der Waals surface area (Å²) in [4.78, 5) is 16.8. The Balaban J connectivity index is 1.97. The first-order valence-corrected chi connectivity index (χ1v) is 7.36. The largest absolute Gasteiger partial charge is 0.321 e. The fourth-order valence-corrected chi connectivity index (χ4v) is 2.80. The van der Waals surface area contributed by atoms with Crippen molar-refractivity contribution in [2.75, 3.05) is 5.32 Å². The topological polar surface area (TPSA) is 42.0 Å². The highest BCUT2D eigenvalue weighted by Gasteiger charge is 2.11. The minimum absolute atomic E-state index is 0.141. The van der Waals surface area contributed by atoms with Gasteiger partial charge < -0.3 is 5.32 Å². The lowest BCUT2D eigenvalue weighted by molar-refractivity contribution is 0.102. The van der Waals surface area contributed by atoms with Crippen molar-refractivity contribution in [1.82, 2.24) is 4.98 Å². The van der Waals surface area contributed by atoms with Crippen LogP contribution in [0.4, 0.5) is 5.69 Å². The highest BCUT2D eigenvalue weighted by molar-refractivity contribution is 9.10. The third kappa shape index (κ3) is 2.81. The maximum Gasteiger partial charge on any atom is 0.256 e. The number of fused-ring (bicyclic) bond motifs is 1. The van der Waals surface area contributed by atoms with Crippen LogP contribution in [0.25, 0.3) is 10.9 Å². The number of hydrogen-bond acceptors (Lipinski definition) is 2. The Labute approximate surface area is 131 Å². The van der Waals surface area contributed by atoms with Crippen LogP contribution in [0.3, 0.4) is 0 Å². The molecule has 1 N–H and O–H groups in total. The highest BCUT2D eigenvalue weighted by atomic mass is 79.9. The number of amides is 1. The second-order valence-electron chi connectivity index (χ2n) is 4.81. The second-order valence-corrected chi connectivity index (χ2v) is 5.67. The van der Waals surface area contributed by atoms with Gasteiger partial charge in [0.05, 0.1) is 11.2 Å². The number of hydrogen-bond donors (Lipinski definition) is 1. The Morgan fingerprint density at radius 1 is 1.14 bits per heavy atom. The molecular formula is C17H13BrN2O. The molecule has 0 radical (unpaired) electrons. The third-order valence-corrected chi connectivity index (χ3v) is 3.92. The van der Waals surface area contributed by atoms with Crippen LogP contribution in [0.15, 0.2) is 59.2 Å². The molecule has 0 saturated carbocycles. The maximum absolute atomic E-state index is 12.5. The Hall–Kier alpha value is -2.20. The molecule has 0 aliphatic rings. The Kier molecular flexibility index (Phi) is 3.71. The first-order valence-electron chi connectivity index (χ1n) is 6.56. The standard InChI is InChI=1S/C17H13BrN2O/c1-11-7-8-16(14(18)10-11)20-17(21)13-4-2-6-15-12(13)5-3-9-19-15/h2-10H,1H3,(H,20,21). The van der Waals surface area contributed by atoms with Gasteiger partial charge in [0.1, 0.15) is 0 Å². The number of anilines is 1. The van der Waals surface area contributed by atoms with E-state index in [1.54, 1.807) is 12.3 Å². The summed E-state index contributed by atoms with van der Waals surface area (Å²) in [5, 5.41) is 3.78. The van der Waals surface area contributed by atoms with Crippen LogP contribution >= 0.6 is 15.9 Å². The molecule has 104 valence electrons. The van der Waals surface area contributed by atoms with Gasteiger partial charge in [-0.15, -0.1) is 0 Å². The average Bonchev–Trinajstić information content (AvgIpc) is 2.49. The molecule has 0 aliphatic heterocycles. The zero-order valence-electron chi connectivity index (χ0n) is 11.4. The molecule has 0 atom stereocenters. The van der Waals surface area contributed by atoms with E-state index in [1.165, 1.54) is 0 Å². The lowest BCUT2D eigenvalue weighted by Crippen LogP contribution is -2.12. The summed E-state index contributed by atoms with van der Waals surface area (Å²) in [5.74, 6) is -0.141. The molecule has 3 aromatic rings. The van der Waals surface area contributed by atoms with Crippen molar-refractivity contribution < 1.29 is 4.79 Å². The van der Waals surface area contributed by atoms with Crippen LogP contribution in [0, 0.1) is 6.92 Å². The van der Waals surface area contributed by atoms with Crippen molar-refractivity contribution in [3.63, 3.8) is 0 Å². The van der Waals surface area contributed by atoms with E-state index < -0.39 is 0 Å². The van der Waals surface area contributed by atoms with Gasteiger partial charge >= 0.3 is 0 Å². The van der Waals surface area contributed by atoms with Gasteiger partial charge in [0.2, 0.25) is 0 Å². The number of aryl methyl sites for hydroxylation is 1. The first-order chi connectivity index (χ1) is 10.1. The molecule has 0 bridgehead atoms. The predicted molar refractivity (Wildman–Crippen MR) is 88.6 cm³/mol. The summed E-state index contributed by atoms with van der Waals surface area (Å²) in [6.07, 6.45) is 1.72. The maximum atomic E-state index is 12.5. The van der Waals surface area contributed by atoms with Gasteiger partial charge in [-0.2, -0.15) is 0 Å². The summed E-state index contributed by atoms with van der Waals surface area (Å²) in [7, 11) is 0. The fourth-order valence-electron chi connectivity index (χ4n) is 2.21. The molecule has 0 aliphatic carbocycles. The average molecular weight is 341 g/mol. The molecule has 1 heterocycles. The zero-order valence-corrected chi connectivity index (χ0v) is 13.0. The number of nitrogens with zero attached hydrogens (tertiary/aromatic N) is 1. The molecule has 0 unspecified atom stereocenters. The van der Waals surface area contributed by atoms with E-state index in [1.807, 2.05) is 49.4 Å². The Bertz CT molecular complexity index is 825. The number of carbonyl (C=O) groups is 1. The monoisotopic (exact) mass is 340 g/mol. The third-order valence-electron chi connectivity index (χ3n) is 3.26. The van der Waals surface area contributed by atoms with Crippen LogP contribution in [0.1, 0.15) is 15.9 Å². The van der Waals surface area contributed by atoms with E-state index >= 15 is 0 Å². The molecule has 21 heavy (non-hydrogen) atoms. The van der Waals surface area contributed by atoms with Crippen molar-refractivity contribution >= 4 is 38.4 Å². The number of pyridine rings is 1. The second kappa shape index (κ2) is 5.66. The summed E-state index contributed by atoms with van der Waals surface area (Å²) in [6.45, 7) is 2.01. The van der Waals surface area contributed by atoms with E-state index in [0.29, 0.717) is 5.56 Å². The summed E-state index contributed by atoms with van der Waals surface area (Å²) < 4.78 is 0.870. The SMILES string of the molecule is Cc1ccc(NC(=O)c2cccc3ncccc23)c(Br)c1.